The van der Waals surface area contributed by atoms with Crippen molar-refractivity contribution in [1.82, 2.24) is 15.0 Å². The molecule has 4 aromatic rings. The summed E-state index contributed by atoms with van der Waals surface area (Å²) in [6.45, 7) is 0. The molecule has 0 spiro atoms. The minimum absolute atomic E-state index is 0.131. The average Bonchev–Trinajstić information content (AvgIpc) is 2.76. The van der Waals surface area contributed by atoms with Crippen molar-refractivity contribution in [2.75, 3.05) is 11.1 Å². The minimum atomic E-state index is -0.438. The quantitative estimate of drug-likeness (QED) is 0.494. The summed E-state index contributed by atoms with van der Waals surface area (Å²) in [5.74, 6) is -0.734. The summed E-state index contributed by atoms with van der Waals surface area (Å²) in [5, 5.41) is 3.16. The number of nitrogens with one attached hydrogen (secondary N) is 1. The zero-order valence-corrected chi connectivity index (χ0v) is 16.3. The first-order valence-electron chi connectivity index (χ1n) is 8.90. The molecule has 0 fully saturated rings. The van der Waals surface area contributed by atoms with Crippen molar-refractivity contribution in [3.05, 3.63) is 89.7 Å². The van der Waals surface area contributed by atoms with Crippen molar-refractivity contribution >= 4 is 29.0 Å². The lowest BCUT2D eigenvalue weighted by Crippen LogP contribution is -2.14. The summed E-state index contributed by atoms with van der Waals surface area (Å²) in [4.78, 5) is 25.2. The Labute approximate surface area is 176 Å². The van der Waals surface area contributed by atoms with Crippen LogP contribution in [0.25, 0.3) is 22.4 Å². The monoisotopic (exact) mass is 419 g/mol. The van der Waals surface area contributed by atoms with Crippen molar-refractivity contribution in [2.24, 2.45) is 0 Å². The van der Waals surface area contributed by atoms with Gasteiger partial charge in [-0.05, 0) is 48.5 Å². The van der Waals surface area contributed by atoms with Crippen LogP contribution in [0.3, 0.4) is 0 Å². The summed E-state index contributed by atoms with van der Waals surface area (Å²) in [6.07, 6.45) is 6.44. The fraction of sp³-hybridized carbons (Fsp3) is 0. The normalized spacial score (nSPS) is 10.6. The number of carbonyl (C=O) groups is 1. The van der Waals surface area contributed by atoms with Gasteiger partial charge in [0.05, 0.1) is 16.4 Å². The van der Waals surface area contributed by atoms with E-state index in [4.69, 9.17) is 17.3 Å². The maximum atomic E-state index is 13.1. The molecule has 0 bridgehead atoms. The SMILES string of the molecule is Nc1nc(-c2ccncc2)c(-c2ccncc2Cl)cc1NC(=O)c1ccc(F)cc1. The first-order valence-corrected chi connectivity index (χ1v) is 9.28. The van der Waals surface area contributed by atoms with E-state index in [9.17, 15) is 9.18 Å². The number of amides is 1. The van der Waals surface area contributed by atoms with Crippen LogP contribution in [-0.2, 0) is 0 Å². The van der Waals surface area contributed by atoms with Crippen LogP contribution in [0.4, 0.5) is 15.9 Å². The molecule has 0 aliphatic rings. The summed E-state index contributed by atoms with van der Waals surface area (Å²) in [7, 11) is 0. The van der Waals surface area contributed by atoms with Gasteiger partial charge in [-0.1, -0.05) is 11.6 Å². The third-order valence-corrected chi connectivity index (χ3v) is 4.72. The Hall–Kier alpha value is -3.84. The minimum Gasteiger partial charge on any atom is -0.382 e. The van der Waals surface area contributed by atoms with Gasteiger partial charge in [-0.2, -0.15) is 0 Å². The van der Waals surface area contributed by atoms with Crippen LogP contribution in [-0.4, -0.2) is 20.9 Å². The molecule has 0 unspecified atom stereocenters. The fourth-order valence-corrected chi connectivity index (χ4v) is 3.17. The molecule has 8 heteroatoms. The number of pyridine rings is 3. The lowest BCUT2D eigenvalue weighted by atomic mass is 10.00. The van der Waals surface area contributed by atoms with E-state index in [1.807, 2.05) is 0 Å². The number of anilines is 2. The number of halogens is 2. The van der Waals surface area contributed by atoms with E-state index in [2.05, 4.69) is 20.3 Å². The molecule has 6 nitrogen and oxygen atoms in total. The van der Waals surface area contributed by atoms with Crippen LogP contribution < -0.4 is 11.1 Å². The maximum absolute atomic E-state index is 13.1. The smallest absolute Gasteiger partial charge is 0.255 e. The van der Waals surface area contributed by atoms with Crippen molar-refractivity contribution < 1.29 is 9.18 Å². The van der Waals surface area contributed by atoms with Crippen molar-refractivity contribution in [3.63, 3.8) is 0 Å². The second kappa shape index (κ2) is 8.26. The van der Waals surface area contributed by atoms with E-state index in [1.54, 1.807) is 42.9 Å². The third-order valence-electron chi connectivity index (χ3n) is 4.42. The van der Waals surface area contributed by atoms with Crippen molar-refractivity contribution in [3.8, 4) is 22.4 Å². The zero-order chi connectivity index (χ0) is 21.1. The summed E-state index contributed by atoms with van der Waals surface area (Å²) in [5.41, 5.74) is 9.47. The molecule has 0 saturated carbocycles. The van der Waals surface area contributed by atoms with E-state index in [1.165, 1.54) is 30.5 Å². The number of nitrogens with zero attached hydrogens (tertiary/aromatic N) is 3. The van der Waals surface area contributed by atoms with Gasteiger partial charge in [0, 0.05) is 47.0 Å². The van der Waals surface area contributed by atoms with E-state index in [0.717, 1.165) is 5.56 Å². The van der Waals surface area contributed by atoms with Gasteiger partial charge >= 0.3 is 0 Å². The molecule has 30 heavy (non-hydrogen) atoms. The van der Waals surface area contributed by atoms with E-state index in [-0.39, 0.29) is 11.4 Å². The number of hydrogen-bond donors (Lipinski definition) is 2. The number of nitrogen functional groups attached to an aromatic ring is 1. The Bertz CT molecular complexity index is 1220. The molecule has 4 rings (SSSR count). The zero-order valence-electron chi connectivity index (χ0n) is 15.5. The van der Waals surface area contributed by atoms with E-state index in [0.29, 0.717) is 27.5 Å². The first kappa shape index (κ1) is 19.5. The highest BCUT2D eigenvalue weighted by molar-refractivity contribution is 6.33. The molecular weight excluding hydrogens is 405 g/mol. The Balaban J connectivity index is 1.81. The van der Waals surface area contributed by atoms with E-state index >= 15 is 0 Å². The highest BCUT2D eigenvalue weighted by atomic mass is 35.5. The fourth-order valence-electron chi connectivity index (χ4n) is 2.95. The average molecular weight is 420 g/mol. The number of hydrogen-bond acceptors (Lipinski definition) is 5. The summed E-state index contributed by atoms with van der Waals surface area (Å²) in [6, 6.07) is 12.3. The second-order valence-electron chi connectivity index (χ2n) is 6.37. The molecule has 0 saturated heterocycles. The number of aromatic nitrogens is 3. The number of nitrogens with two attached hydrogens (primary N) is 1. The number of rotatable bonds is 4. The molecule has 148 valence electrons. The maximum Gasteiger partial charge on any atom is 0.255 e. The van der Waals surface area contributed by atoms with Crippen LogP contribution in [0.5, 0.6) is 0 Å². The lowest BCUT2D eigenvalue weighted by molar-refractivity contribution is 0.102. The van der Waals surface area contributed by atoms with Crippen LogP contribution in [0.1, 0.15) is 10.4 Å². The molecule has 3 heterocycles. The van der Waals surface area contributed by atoms with Gasteiger partial charge < -0.3 is 11.1 Å². The van der Waals surface area contributed by atoms with Gasteiger partial charge in [-0.15, -0.1) is 0 Å². The summed E-state index contributed by atoms with van der Waals surface area (Å²) >= 11 is 6.37. The third kappa shape index (κ3) is 3.97. The molecule has 0 aliphatic heterocycles. The molecule has 1 amide bonds. The van der Waals surface area contributed by atoms with Gasteiger partial charge in [0.25, 0.3) is 5.91 Å². The standard InChI is InChI=1S/C22H15ClFN5O/c23-18-12-27-10-7-16(18)17-11-19(28-22(30)14-1-3-15(24)4-2-14)21(25)29-20(17)13-5-8-26-9-6-13/h1-12H,(H2,25,29)(H,28,30). The van der Waals surface area contributed by atoms with E-state index < -0.39 is 11.7 Å². The molecule has 1 aromatic carbocycles. The number of benzene rings is 1. The highest BCUT2D eigenvalue weighted by Crippen LogP contribution is 2.37. The largest absolute Gasteiger partial charge is 0.382 e. The van der Waals surface area contributed by atoms with Crippen molar-refractivity contribution in [2.45, 2.75) is 0 Å². The van der Waals surface area contributed by atoms with Gasteiger partial charge in [-0.25, -0.2) is 9.37 Å². The molecular formula is C22H15ClFN5O. The van der Waals surface area contributed by atoms with Crippen LogP contribution in [0, 0.1) is 5.82 Å². The van der Waals surface area contributed by atoms with Crippen molar-refractivity contribution in [1.29, 1.82) is 0 Å². The lowest BCUT2D eigenvalue weighted by Gasteiger charge is -2.15. The van der Waals surface area contributed by atoms with Gasteiger partial charge in [0.15, 0.2) is 0 Å². The van der Waals surface area contributed by atoms with Gasteiger partial charge in [-0.3, -0.25) is 14.8 Å². The van der Waals surface area contributed by atoms with Gasteiger partial charge in [0.1, 0.15) is 11.6 Å². The number of carbonyl (C=O) groups excluding carboxylic acids is 1. The molecule has 3 N–H and O–H groups in total. The second-order valence-corrected chi connectivity index (χ2v) is 6.78. The predicted molar refractivity (Wildman–Crippen MR) is 114 cm³/mol. The molecule has 0 radical (unpaired) electrons. The summed E-state index contributed by atoms with van der Waals surface area (Å²) < 4.78 is 13.1. The topological polar surface area (TPSA) is 93.8 Å². The Morgan fingerprint density at radius 1 is 0.967 bits per heavy atom. The highest BCUT2D eigenvalue weighted by Gasteiger charge is 2.17. The van der Waals surface area contributed by atoms with Crippen LogP contribution >= 0.6 is 11.6 Å². The Kier molecular flexibility index (Phi) is 5.36. The predicted octanol–water partition coefficient (Wildman–Crippen LogP) is 4.83. The molecule has 0 aliphatic carbocycles. The Morgan fingerprint density at radius 2 is 1.67 bits per heavy atom. The van der Waals surface area contributed by atoms with Crippen LogP contribution in [0.2, 0.25) is 5.02 Å². The molecule has 3 aromatic heterocycles. The Morgan fingerprint density at radius 3 is 2.37 bits per heavy atom. The van der Waals surface area contributed by atoms with Crippen LogP contribution in [0.15, 0.2) is 73.3 Å². The molecule has 0 atom stereocenters. The first-order chi connectivity index (χ1) is 14.5. The van der Waals surface area contributed by atoms with Gasteiger partial charge in [0.2, 0.25) is 0 Å².